The molecule has 7 nitrogen and oxygen atoms in total. The summed E-state index contributed by atoms with van der Waals surface area (Å²) in [5.74, 6) is 0.585. The summed E-state index contributed by atoms with van der Waals surface area (Å²) >= 11 is 3.12. The zero-order chi connectivity index (χ0) is 19.4. The molecule has 0 spiro atoms. The smallest absolute Gasteiger partial charge is 0.410 e. The van der Waals surface area contributed by atoms with Gasteiger partial charge in [0.25, 0.3) is 0 Å². The van der Waals surface area contributed by atoms with Crippen LogP contribution in [0, 0.1) is 13.8 Å². The summed E-state index contributed by atoms with van der Waals surface area (Å²) in [4.78, 5) is 27.0. The van der Waals surface area contributed by atoms with Gasteiger partial charge in [-0.25, -0.2) is 9.59 Å². The van der Waals surface area contributed by atoms with Crippen molar-refractivity contribution in [3.8, 4) is 5.75 Å². The molecule has 0 fully saturated rings. The molecule has 140 valence electrons. The van der Waals surface area contributed by atoms with Crippen molar-refractivity contribution in [2.45, 2.75) is 25.7 Å². The summed E-state index contributed by atoms with van der Waals surface area (Å²) in [7, 11) is 3.02. The predicted octanol–water partition coefficient (Wildman–Crippen LogP) is 3.78. The minimum Gasteiger partial charge on any atom is -0.410 e. The van der Waals surface area contributed by atoms with Gasteiger partial charge in [0, 0.05) is 19.0 Å². The van der Waals surface area contributed by atoms with Crippen LogP contribution in [0.1, 0.15) is 18.1 Å². The molecule has 1 aromatic rings. The van der Waals surface area contributed by atoms with E-state index in [1.54, 1.807) is 18.7 Å². The maximum absolute atomic E-state index is 11.0. The number of oxime groups is 1. The number of amides is 2. The number of carbonyl (C=O) groups is 2. The minimum atomic E-state index is -0.548. The van der Waals surface area contributed by atoms with Crippen LogP contribution in [-0.2, 0) is 4.84 Å². The van der Waals surface area contributed by atoms with Gasteiger partial charge < -0.3 is 15.4 Å². The third-order valence-electron chi connectivity index (χ3n) is 2.81. The van der Waals surface area contributed by atoms with Gasteiger partial charge >= 0.3 is 12.2 Å². The lowest BCUT2D eigenvalue weighted by molar-refractivity contribution is 0.153. The average molecular weight is 388 g/mol. The molecular formula is C16H25N3O4S2. The van der Waals surface area contributed by atoms with Crippen LogP contribution in [0.3, 0.4) is 0 Å². The van der Waals surface area contributed by atoms with Crippen molar-refractivity contribution in [2.24, 2.45) is 5.16 Å². The number of hydrogen-bond acceptors (Lipinski definition) is 7. The van der Waals surface area contributed by atoms with Gasteiger partial charge in [0.2, 0.25) is 0 Å². The van der Waals surface area contributed by atoms with Gasteiger partial charge in [0.1, 0.15) is 10.8 Å². The molecule has 2 N–H and O–H groups in total. The highest BCUT2D eigenvalue weighted by atomic mass is 32.2. The van der Waals surface area contributed by atoms with E-state index < -0.39 is 12.2 Å². The molecule has 0 aliphatic heterocycles. The van der Waals surface area contributed by atoms with E-state index >= 15 is 0 Å². The normalized spacial score (nSPS) is 10.3. The number of ether oxygens (including phenoxy) is 1. The summed E-state index contributed by atoms with van der Waals surface area (Å²) in [5.41, 5.74) is 2.25. The largest absolute Gasteiger partial charge is 0.433 e. The number of aryl methyl sites for hydroxylation is 2. The van der Waals surface area contributed by atoms with Crippen LogP contribution >= 0.6 is 23.5 Å². The minimum absolute atomic E-state index is 0.439. The molecule has 0 unspecified atom stereocenters. The highest BCUT2D eigenvalue weighted by molar-refractivity contribution is 8.13. The fraction of sp³-hybridized carbons (Fsp3) is 0.438. The number of carbonyl (C=O) groups excluding carboxylic acids is 2. The molecule has 0 aliphatic carbocycles. The molecule has 0 aliphatic rings. The topological polar surface area (TPSA) is 89.0 Å². The molecule has 0 saturated carbocycles. The first-order valence-electron chi connectivity index (χ1n) is 7.31. The lowest BCUT2D eigenvalue weighted by atomic mass is 10.1. The Bertz CT molecular complexity index is 598. The van der Waals surface area contributed by atoms with Gasteiger partial charge in [0.05, 0.1) is 0 Å². The van der Waals surface area contributed by atoms with Crippen LogP contribution in [0.5, 0.6) is 5.75 Å². The standard InChI is InChI=1S/C11H15NO2S.C5H10N2O2S/c1-7-5-9(14-11(13)12-3)6-8(2)10(7)15-4;1-4(10-3)7-9-5(8)6-2/h5-6H,1-4H3,(H,12,13);1-3H3,(H,6,8)/b;7-4+. The molecule has 2 amide bonds. The van der Waals surface area contributed by atoms with Gasteiger partial charge in [-0.05, 0) is 56.5 Å². The predicted molar refractivity (Wildman–Crippen MR) is 105 cm³/mol. The number of nitrogens with zero attached hydrogens (tertiary/aromatic N) is 1. The second kappa shape index (κ2) is 12.5. The highest BCUT2D eigenvalue weighted by Gasteiger charge is 2.07. The van der Waals surface area contributed by atoms with Crippen LogP contribution in [0.25, 0.3) is 0 Å². The molecular weight excluding hydrogens is 362 g/mol. The van der Waals surface area contributed by atoms with E-state index in [9.17, 15) is 9.59 Å². The maximum atomic E-state index is 11.0. The molecule has 0 heterocycles. The first-order chi connectivity index (χ1) is 11.8. The van der Waals surface area contributed by atoms with Crippen LogP contribution in [0.15, 0.2) is 22.2 Å². The van der Waals surface area contributed by atoms with E-state index in [2.05, 4.69) is 20.6 Å². The molecule has 0 atom stereocenters. The fourth-order valence-corrected chi connectivity index (χ4v) is 2.51. The monoisotopic (exact) mass is 387 g/mol. The summed E-state index contributed by atoms with van der Waals surface area (Å²) in [6, 6.07) is 3.74. The Morgan fingerprint density at radius 2 is 1.56 bits per heavy atom. The Kier molecular flexibility index (Phi) is 11.6. The van der Waals surface area contributed by atoms with Gasteiger partial charge in [0.15, 0.2) is 0 Å². The number of hydrogen-bond donors (Lipinski definition) is 2. The summed E-state index contributed by atoms with van der Waals surface area (Å²) in [6.45, 7) is 5.78. The lowest BCUT2D eigenvalue weighted by Crippen LogP contribution is -2.22. The number of benzene rings is 1. The summed E-state index contributed by atoms with van der Waals surface area (Å²) in [5, 5.41) is 8.87. The lowest BCUT2D eigenvalue weighted by Gasteiger charge is -2.10. The second-order valence-corrected chi connectivity index (χ2v) is 6.49. The van der Waals surface area contributed by atoms with Gasteiger partial charge in [-0.1, -0.05) is 5.16 Å². The second-order valence-electron chi connectivity index (χ2n) is 4.67. The van der Waals surface area contributed by atoms with Crippen LogP contribution < -0.4 is 15.4 Å². The van der Waals surface area contributed by atoms with Crippen molar-refractivity contribution < 1.29 is 19.2 Å². The van der Waals surface area contributed by atoms with E-state index in [0.717, 1.165) is 11.1 Å². The molecule has 9 heteroatoms. The van der Waals surface area contributed by atoms with Crippen molar-refractivity contribution in [3.63, 3.8) is 0 Å². The van der Waals surface area contributed by atoms with E-state index in [-0.39, 0.29) is 0 Å². The number of nitrogens with one attached hydrogen (secondary N) is 2. The van der Waals surface area contributed by atoms with Crippen LogP contribution in [0.4, 0.5) is 9.59 Å². The van der Waals surface area contributed by atoms with E-state index in [1.165, 1.54) is 30.8 Å². The fourth-order valence-electron chi connectivity index (χ4n) is 1.64. The Morgan fingerprint density at radius 3 is 1.96 bits per heavy atom. The third-order valence-corrected chi connectivity index (χ3v) is 4.53. The van der Waals surface area contributed by atoms with Crippen molar-refractivity contribution in [1.82, 2.24) is 10.6 Å². The highest BCUT2D eigenvalue weighted by Crippen LogP contribution is 2.28. The molecule has 1 rings (SSSR count). The van der Waals surface area contributed by atoms with Crippen LogP contribution in [0.2, 0.25) is 0 Å². The first-order valence-corrected chi connectivity index (χ1v) is 9.76. The van der Waals surface area contributed by atoms with Crippen molar-refractivity contribution in [2.75, 3.05) is 26.6 Å². The molecule has 1 aromatic carbocycles. The zero-order valence-corrected chi connectivity index (χ0v) is 17.2. The first kappa shape index (κ1) is 23.1. The Morgan fingerprint density at radius 1 is 1.04 bits per heavy atom. The molecule has 0 saturated heterocycles. The third kappa shape index (κ3) is 9.25. The molecule has 25 heavy (non-hydrogen) atoms. The van der Waals surface area contributed by atoms with Crippen molar-refractivity contribution >= 4 is 40.8 Å². The van der Waals surface area contributed by atoms with Gasteiger partial charge in [-0.2, -0.15) is 0 Å². The maximum Gasteiger partial charge on any atom is 0.433 e. The van der Waals surface area contributed by atoms with E-state index in [0.29, 0.717) is 10.8 Å². The van der Waals surface area contributed by atoms with Crippen LogP contribution in [-0.4, -0.2) is 43.8 Å². The van der Waals surface area contributed by atoms with E-state index in [1.807, 2.05) is 38.5 Å². The van der Waals surface area contributed by atoms with Gasteiger partial charge in [-0.3, -0.25) is 4.84 Å². The average Bonchev–Trinajstić information content (AvgIpc) is 2.59. The van der Waals surface area contributed by atoms with Crippen molar-refractivity contribution in [1.29, 1.82) is 0 Å². The Labute approximate surface area is 157 Å². The molecule has 0 aromatic heterocycles. The van der Waals surface area contributed by atoms with E-state index in [4.69, 9.17) is 4.74 Å². The van der Waals surface area contributed by atoms with Crippen molar-refractivity contribution in [3.05, 3.63) is 23.3 Å². The zero-order valence-electron chi connectivity index (χ0n) is 15.6. The summed E-state index contributed by atoms with van der Waals surface area (Å²) < 4.78 is 5.07. The Hall–Kier alpha value is -1.87. The SMILES string of the molecule is CNC(=O)O/N=C(\C)SC.CNC(=O)Oc1cc(C)c(SC)c(C)c1. The van der Waals surface area contributed by atoms with Gasteiger partial charge in [-0.15, -0.1) is 23.5 Å². The number of thioether (sulfide) groups is 2. The Balaban J connectivity index is 0.000000504. The quantitative estimate of drug-likeness (QED) is 0.270. The molecule has 0 bridgehead atoms. The summed E-state index contributed by atoms with van der Waals surface area (Å²) in [6.07, 6.45) is 2.90. The number of rotatable bonds is 3. The molecule has 0 radical (unpaired) electrons.